The zero-order chi connectivity index (χ0) is 30.4. The number of phenols is 1. The number of nitrogens with one attached hydrogen (secondary N) is 3. The molecule has 14 heteroatoms. The first kappa shape index (κ1) is 32.9. The highest BCUT2D eigenvalue weighted by Gasteiger charge is 2.30. The summed E-state index contributed by atoms with van der Waals surface area (Å²) < 4.78 is 0. The molecule has 222 valence electrons. The number of amides is 3. The van der Waals surface area contributed by atoms with Crippen LogP contribution in [0, 0.1) is 0 Å². The zero-order valence-corrected chi connectivity index (χ0v) is 23.3. The van der Waals surface area contributed by atoms with E-state index in [9.17, 15) is 29.4 Å². The number of aliphatic imine (C=N–C) groups is 1. The number of carbonyl (C=O) groups excluding carboxylic acids is 3. The third-order valence-electron chi connectivity index (χ3n) is 6.02. The summed E-state index contributed by atoms with van der Waals surface area (Å²) in [6.07, 6.45) is 0.647. The van der Waals surface area contributed by atoms with Crippen LogP contribution >= 0.6 is 12.6 Å². The number of nitrogens with zero attached hydrogens (tertiary/aromatic N) is 1. The molecule has 0 aromatic heterocycles. The Kier molecular flexibility index (Phi) is 13.4. The lowest BCUT2D eigenvalue weighted by molar-refractivity contribution is -0.141. The molecule has 4 unspecified atom stereocenters. The SMILES string of the molecule is NC(N)=NCCCC(NC(=O)C(N)Cc1ccccc1)C(=O)NC(Cc1ccc(O)cc1)C(=O)NC(CS)C(=O)O. The average Bonchev–Trinajstić information content (AvgIpc) is 2.93. The summed E-state index contributed by atoms with van der Waals surface area (Å²) in [7, 11) is 0. The number of carbonyl (C=O) groups is 4. The van der Waals surface area contributed by atoms with Gasteiger partial charge in [0.05, 0.1) is 6.04 Å². The lowest BCUT2D eigenvalue weighted by Crippen LogP contribution is -2.58. The quantitative estimate of drug-likeness (QED) is 0.0507. The van der Waals surface area contributed by atoms with E-state index in [1.807, 2.05) is 30.3 Å². The van der Waals surface area contributed by atoms with Crippen molar-refractivity contribution in [2.24, 2.45) is 22.2 Å². The number of rotatable bonds is 16. The number of aromatic hydroxyl groups is 1. The molecular weight excluding hydrogens is 550 g/mol. The van der Waals surface area contributed by atoms with Crippen molar-refractivity contribution >= 4 is 42.3 Å². The predicted molar refractivity (Wildman–Crippen MR) is 157 cm³/mol. The number of nitrogens with two attached hydrogens (primary N) is 3. The first-order valence-electron chi connectivity index (χ1n) is 12.9. The van der Waals surface area contributed by atoms with Crippen LogP contribution in [0.4, 0.5) is 0 Å². The van der Waals surface area contributed by atoms with Crippen molar-refractivity contribution in [1.29, 1.82) is 0 Å². The van der Waals surface area contributed by atoms with Gasteiger partial charge in [-0.2, -0.15) is 12.6 Å². The topological polar surface area (TPSA) is 235 Å². The van der Waals surface area contributed by atoms with E-state index in [2.05, 4.69) is 33.6 Å². The standard InChI is InChI=1S/C27H37N7O6S/c28-19(13-16-5-2-1-3-6-16)23(36)32-20(7-4-12-31-27(29)30)24(37)33-21(14-17-8-10-18(35)11-9-17)25(38)34-22(15-41)26(39)40/h1-3,5-6,8-11,19-22,35,41H,4,7,12-15,28H2,(H,32,36)(H,33,37)(H,34,38)(H,39,40)(H4,29,30,31). The van der Waals surface area contributed by atoms with Crippen LogP contribution in [0.1, 0.15) is 24.0 Å². The van der Waals surface area contributed by atoms with Gasteiger partial charge < -0.3 is 43.4 Å². The molecular formula is C27H37N7O6S. The smallest absolute Gasteiger partial charge is 0.327 e. The van der Waals surface area contributed by atoms with Crippen LogP contribution in [-0.4, -0.2) is 76.3 Å². The Bertz CT molecular complexity index is 1190. The largest absolute Gasteiger partial charge is 0.508 e. The Morgan fingerprint density at radius 1 is 0.805 bits per heavy atom. The van der Waals surface area contributed by atoms with Gasteiger partial charge in [-0.3, -0.25) is 19.4 Å². The number of carboxylic acid groups (broad SMARTS) is 1. The maximum Gasteiger partial charge on any atom is 0.327 e. The summed E-state index contributed by atoms with van der Waals surface area (Å²) in [6, 6.07) is 10.5. The number of carboxylic acids is 1. The number of thiol groups is 1. The molecule has 0 fully saturated rings. The molecule has 0 spiro atoms. The van der Waals surface area contributed by atoms with Gasteiger partial charge in [0.2, 0.25) is 17.7 Å². The fourth-order valence-corrected chi connectivity index (χ4v) is 4.07. The minimum Gasteiger partial charge on any atom is -0.508 e. The molecule has 0 heterocycles. The van der Waals surface area contributed by atoms with Gasteiger partial charge >= 0.3 is 5.97 Å². The average molecular weight is 588 g/mol. The second-order valence-electron chi connectivity index (χ2n) is 9.32. The van der Waals surface area contributed by atoms with Crippen LogP contribution in [0.5, 0.6) is 5.75 Å². The Balaban J connectivity index is 2.23. The van der Waals surface area contributed by atoms with E-state index >= 15 is 0 Å². The predicted octanol–water partition coefficient (Wildman–Crippen LogP) is -0.973. The maximum atomic E-state index is 13.4. The number of phenolic OH excluding ortho intramolecular Hbond substituents is 1. The Morgan fingerprint density at radius 2 is 1.37 bits per heavy atom. The van der Waals surface area contributed by atoms with Crippen molar-refractivity contribution in [3.8, 4) is 5.75 Å². The number of hydrogen-bond acceptors (Lipinski definition) is 8. The van der Waals surface area contributed by atoms with Gasteiger partial charge in [0.1, 0.15) is 23.9 Å². The molecule has 3 amide bonds. The zero-order valence-electron chi connectivity index (χ0n) is 22.4. The van der Waals surface area contributed by atoms with Crippen LogP contribution in [-0.2, 0) is 32.0 Å². The minimum absolute atomic E-state index is 0.00944. The van der Waals surface area contributed by atoms with Gasteiger partial charge in [-0.15, -0.1) is 0 Å². The molecule has 2 aromatic carbocycles. The van der Waals surface area contributed by atoms with E-state index in [-0.39, 0.29) is 43.3 Å². The third-order valence-corrected chi connectivity index (χ3v) is 6.38. The highest BCUT2D eigenvalue weighted by Crippen LogP contribution is 2.12. The Hall–Kier alpha value is -4.30. The Morgan fingerprint density at radius 3 is 1.95 bits per heavy atom. The lowest BCUT2D eigenvalue weighted by Gasteiger charge is -2.25. The first-order valence-corrected chi connectivity index (χ1v) is 13.5. The fourth-order valence-electron chi connectivity index (χ4n) is 3.82. The van der Waals surface area contributed by atoms with Crippen LogP contribution in [0.15, 0.2) is 59.6 Å². The van der Waals surface area contributed by atoms with E-state index in [1.54, 1.807) is 12.1 Å². The molecule has 0 aliphatic carbocycles. The molecule has 0 bridgehead atoms. The van der Waals surface area contributed by atoms with E-state index in [4.69, 9.17) is 17.2 Å². The highest BCUT2D eigenvalue weighted by atomic mass is 32.1. The number of guanidine groups is 1. The molecule has 0 saturated heterocycles. The van der Waals surface area contributed by atoms with Crippen LogP contribution < -0.4 is 33.2 Å². The van der Waals surface area contributed by atoms with Gasteiger partial charge in [0.15, 0.2) is 5.96 Å². The minimum atomic E-state index is -1.30. The summed E-state index contributed by atoms with van der Waals surface area (Å²) in [6.45, 7) is 0.192. The maximum absolute atomic E-state index is 13.4. The molecule has 4 atom stereocenters. The van der Waals surface area contributed by atoms with Crippen molar-refractivity contribution in [1.82, 2.24) is 16.0 Å². The summed E-state index contributed by atoms with van der Waals surface area (Å²) in [4.78, 5) is 54.8. The summed E-state index contributed by atoms with van der Waals surface area (Å²) in [5.41, 5.74) is 18.3. The summed E-state index contributed by atoms with van der Waals surface area (Å²) >= 11 is 3.97. The molecule has 2 aromatic rings. The van der Waals surface area contributed by atoms with Crippen molar-refractivity contribution in [3.63, 3.8) is 0 Å². The van der Waals surface area contributed by atoms with Crippen LogP contribution in [0.2, 0.25) is 0 Å². The molecule has 13 nitrogen and oxygen atoms in total. The van der Waals surface area contributed by atoms with Crippen molar-refractivity contribution in [2.75, 3.05) is 12.3 Å². The summed E-state index contributed by atoms with van der Waals surface area (Å²) in [5, 5.41) is 26.6. The Labute approximate surface area is 243 Å². The van der Waals surface area contributed by atoms with Crippen molar-refractivity contribution < 1.29 is 29.4 Å². The normalized spacial score (nSPS) is 13.6. The fraction of sp³-hybridized carbons (Fsp3) is 0.370. The van der Waals surface area contributed by atoms with Crippen LogP contribution in [0.3, 0.4) is 0 Å². The monoisotopic (exact) mass is 587 g/mol. The summed E-state index contributed by atoms with van der Waals surface area (Å²) in [5.74, 6) is -3.61. The van der Waals surface area contributed by atoms with Gasteiger partial charge in [-0.1, -0.05) is 42.5 Å². The number of hydrogen-bond donors (Lipinski definition) is 9. The molecule has 0 aliphatic rings. The highest BCUT2D eigenvalue weighted by molar-refractivity contribution is 7.80. The van der Waals surface area contributed by atoms with Crippen molar-refractivity contribution in [2.45, 2.75) is 49.9 Å². The lowest BCUT2D eigenvalue weighted by atomic mass is 10.0. The first-order chi connectivity index (χ1) is 19.5. The number of benzene rings is 2. The van der Waals surface area contributed by atoms with E-state index < -0.39 is 47.9 Å². The van der Waals surface area contributed by atoms with Gasteiger partial charge in [-0.25, -0.2) is 4.79 Å². The molecule has 11 N–H and O–H groups in total. The molecule has 0 aliphatic heterocycles. The molecule has 2 rings (SSSR count). The second kappa shape index (κ2) is 16.7. The van der Waals surface area contributed by atoms with E-state index in [0.717, 1.165) is 5.56 Å². The number of aliphatic carboxylic acids is 1. The third kappa shape index (κ3) is 11.8. The van der Waals surface area contributed by atoms with Gasteiger partial charge in [0, 0.05) is 18.7 Å². The molecule has 41 heavy (non-hydrogen) atoms. The van der Waals surface area contributed by atoms with Gasteiger partial charge in [0.25, 0.3) is 0 Å². The van der Waals surface area contributed by atoms with Crippen molar-refractivity contribution in [3.05, 3.63) is 65.7 Å². The second-order valence-corrected chi connectivity index (χ2v) is 9.69. The van der Waals surface area contributed by atoms with Gasteiger partial charge in [-0.05, 0) is 42.5 Å². The molecule has 0 radical (unpaired) electrons. The van der Waals surface area contributed by atoms with E-state index in [0.29, 0.717) is 12.0 Å². The van der Waals surface area contributed by atoms with Crippen LogP contribution in [0.25, 0.3) is 0 Å². The molecule has 0 saturated carbocycles. The van der Waals surface area contributed by atoms with E-state index in [1.165, 1.54) is 12.1 Å².